The highest BCUT2D eigenvalue weighted by atomic mass is 15.3. The van der Waals surface area contributed by atoms with Gasteiger partial charge < -0.3 is 15.1 Å². The van der Waals surface area contributed by atoms with Crippen LogP contribution in [0, 0.1) is 5.92 Å². The van der Waals surface area contributed by atoms with E-state index >= 15 is 0 Å². The molecule has 21 heavy (non-hydrogen) atoms. The molecule has 0 aromatic carbocycles. The van der Waals surface area contributed by atoms with Crippen molar-refractivity contribution in [3.8, 4) is 0 Å². The summed E-state index contributed by atoms with van der Waals surface area (Å²) >= 11 is 0. The van der Waals surface area contributed by atoms with Gasteiger partial charge in [-0.25, -0.2) is 4.98 Å². The Bertz CT molecular complexity index is 464. The van der Waals surface area contributed by atoms with Crippen LogP contribution in [-0.2, 0) is 6.54 Å². The van der Waals surface area contributed by atoms with Crippen LogP contribution in [0.15, 0.2) is 18.3 Å². The van der Waals surface area contributed by atoms with Gasteiger partial charge in [0.2, 0.25) is 0 Å². The molecule has 1 fully saturated rings. The average molecular weight is 290 g/mol. The lowest BCUT2D eigenvalue weighted by atomic mass is 10.1. The molecule has 0 bridgehead atoms. The second-order valence-corrected chi connectivity index (χ2v) is 7.50. The Morgan fingerprint density at radius 1 is 1.33 bits per heavy atom. The van der Waals surface area contributed by atoms with Gasteiger partial charge in [-0.05, 0) is 46.9 Å². The highest BCUT2D eigenvalue weighted by molar-refractivity contribution is 5.48. The highest BCUT2D eigenvalue weighted by Gasteiger charge is 2.32. The predicted molar refractivity (Wildman–Crippen MR) is 89.7 cm³/mol. The van der Waals surface area contributed by atoms with Crippen LogP contribution in [0.1, 0.15) is 33.3 Å². The molecule has 0 radical (unpaired) electrons. The molecule has 2 unspecified atom stereocenters. The van der Waals surface area contributed by atoms with Crippen molar-refractivity contribution in [1.29, 1.82) is 0 Å². The third kappa shape index (κ3) is 4.17. The summed E-state index contributed by atoms with van der Waals surface area (Å²) in [4.78, 5) is 9.43. The second kappa shape index (κ2) is 6.32. The van der Waals surface area contributed by atoms with Crippen molar-refractivity contribution in [2.45, 2.75) is 45.8 Å². The fourth-order valence-corrected chi connectivity index (χ4v) is 3.01. The molecule has 1 aromatic heterocycles. The molecule has 2 rings (SSSR count). The molecule has 1 aliphatic heterocycles. The topological polar surface area (TPSA) is 31.4 Å². The Morgan fingerprint density at radius 2 is 2.05 bits per heavy atom. The van der Waals surface area contributed by atoms with Crippen LogP contribution >= 0.6 is 0 Å². The SMILES string of the molecule is CC1CN(c2ncccc2CNC(C)(C)C)CC1N(C)C. The molecule has 2 atom stereocenters. The van der Waals surface area contributed by atoms with E-state index in [1.165, 1.54) is 5.56 Å². The maximum Gasteiger partial charge on any atom is 0.133 e. The van der Waals surface area contributed by atoms with Gasteiger partial charge in [-0.1, -0.05) is 13.0 Å². The molecule has 1 saturated heterocycles. The minimum Gasteiger partial charge on any atom is -0.354 e. The largest absolute Gasteiger partial charge is 0.354 e. The van der Waals surface area contributed by atoms with E-state index in [2.05, 4.69) is 68.0 Å². The summed E-state index contributed by atoms with van der Waals surface area (Å²) in [5.41, 5.74) is 1.41. The minimum atomic E-state index is 0.123. The van der Waals surface area contributed by atoms with E-state index in [-0.39, 0.29) is 5.54 Å². The molecule has 0 spiro atoms. The Hall–Kier alpha value is -1.13. The van der Waals surface area contributed by atoms with E-state index in [9.17, 15) is 0 Å². The number of hydrogen-bond donors (Lipinski definition) is 1. The van der Waals surface area contributed by atoms with Crippen molar-refractivity contribution in [3.05, 3.63) is 23.9 Å². The zero-order valence-corrected chi connectivity index (χ0v) is 14.3. The Balaban J connectivity index is 2.13. The van der Waals surface area contributed by atoms with Gasteiger partial charge in [-0.3, -0.25) is 0 Å². The van der Waals surface area contributed by atoms with Gasteiger partial charge in [0.25, 0.3) is 0 Å². The summed E-state index contributed by atoms with van der Waals surface area (Å²) < 4.78 is 0. The number of nitrogens with one attached hydrogen (secondary N) is 1. The van der Waals surface area contributed by atoms with Crippen LogP contribution in [0.2, 0.25) is 0 Å². The van der Waals surface area contributed by atoms with Crippen molar-refractivity contribution >= 4 is 5.82 Å². The smallest absolute Gasteiger partial charge is 0.133 e. The zero-order chi connectivity index (χ0) is 15.6. The van der Waals surface area contributed by atoms with Gasteiger partial charge >= 0.3 is 0 Å². The van der Waals surface area contributed by atoms with Gasteiger partial charge in [0.1, 0.15) is 5.82 Å². The van der Waals surface area contributed by atoms with E-state index in [4.69, 9.17) is 0 Å². The molecular weight excluding hydrogens is 260 g/mol. The monoisotopic (exact) mass is 290 g/mol. The summed E-state index contributed by atoms with van der Waals surface area (Å²) in [6.07, 6.45) is 1.91. The fourth-order valence-electron chi connectivity index (χ4n) is 3.01. The van der Waals surface area contributed by atoms with E-state index < -0.39 is 0 Å². The number of pyridine rings is 1. The van der Waals surface area contributed by atoms with Gasteiger partial charge in [0, 0.05) is 43.0 Å². The van der Waals surface area contributed by atoms with Crippen molar-refractivity contribution in [2.75, 3.05) is 32.1 Å². The number of nitrogens with zero attached hydrogens (tertiary/aromatic N) is 3. The van der Waals surface area contributed by atoms with Crippen molar-refractivity contribution < 1.29 is 0 Å². The number of anilines is 1. The lowest BCUT2D eigenvalue weighted by Gasteiger charge is -2.25. The second-order valence-electron chi connectivity index (χ2n) is 7.50. The van der Waals surface area contributed by atoms with Crippen LogP contribution in [0.25, 0.3) is 0 Å². The zero-order valence-electron chi connectivity index (χ0n) is 14.3. The van der Waals surface area contributed by atoms with E-state index in [1.54, 1.807) is 0 Å². The molecule has 0 aliphatic carbocycles. The molecule has 1 aliphatic rings. The molecule has 4 heteroatoms. The molecule has 1 aromatic rings. The quantitative estimate of drug-likeness (QED) is 0.922. The van der Waals surface area contributed by atoms with Crippen molar-refractivity contribution in [1.82, 2.24) is 15.2 Å². The first-order chi connectivity index (χ1) is 9.78. The summed E-state index contributed by atoms with van der Waals surface area (Å²) in [6.45, 7) is 11.9. The Labute approximate surface area is 129 Å². The summed E-state index contributed by atoms with van der Waals surface area (Å²) in [5, 5.41) is 3.57. The van der Waals surface area contributed by atoms with Gasteiger partial charge in [0.05, 0.1) is 0 Å². The third-order valence-corrected chi connectivity index (χ3v) is 4.21. The first kappa shape index (κ1) is 16.2. The van der Waals surface area contributed by atoms with Crippen LogP contribution in [-0.4, -0.2) is 48.6 Å². The molecule has 0 saturated carbocycles. The Morgan fingerprint density at radius 3 is 2.62 bits per heavy atom. The third-order valence-electron chi connectivity index (χ3n) is 4.21. The predicted octanol–water partition coefficient (Wildman–Crippen LogP) is 2.36. The standard InChI is InChI=1S/C17H30N4/c1-13-11-21(12-15(13)20(5)6)16-14(8-7-9-18-16)10-19-17(2,3)4/h7-9,13,15,19H,10-12H2,1-6H3. The van der Waals surface area contributed by atoms with E-state index in [0.29, 0.717) is 12.0 Å². The molecule has 1 N–H and O–H groups in total. The maximum atomic E-state index is 4.66. The maximum absolute atomic E-state index is 4.66. The van der Waals surface area contributed by atoms with Gasteiger partial charge in [-0.2, -0.15) is 0 Å². The highest BCUT2D eigenvalue weighted by Crippen LogP contribution is 2.27. The molecule has 0 amide bonds. The molecule has 2 heterocycles. The minimum absolute atomic E-state index is 0.123. The average Bonchev–Trinajstić information content (AvgIpc) is 2.78. The van der Waals surface area contributed by atoms with E-state index in [1.807, 2.05) is 12.3 Å². The normalized spacial score (nSPS) is 23.1. The van der Waals surface area contributed by atoms with Gasteiger partial charge in [-0.15, -0.1) is 0 Å². The summed E-state index contributed by atoms with van der Waals surface area (Å²) in [5.74, 6) is 1.82. The lowest BCUT2D eigenvalue weighted by Crippen LogP contribution is -2.36. The number of hydrogen-bond acceptors (Lipinski definition) is 4. The molecule has 4 nitrogen and oxygen atoms in total. The van der Waals surface area contributed by atoms with Crippen LogP contribution in [0.5, 0.6) is 0 Å². The fraction of sp³-hybridized carbons (Fsp3) is 0.706. The van der Waals surface area contributed by atoms with Crippen molar-refractivity contribution in [2.24, 2.45) is 5.92 Å². The Kier molecular flexibility index (Phi) is 4.89. The van der Waals surface area contributed by atoms with Crippen LogP contribution in [0.4, 0.5) is 5.82 Å². The first-order valence-corrected chi connectivity index (χ1v) is 7.88. The lowest BCUT2D eigenvalue weighted by molar-refractivity contribution is 0.266. The number of likely N-dealkylation sites (N-methyl/N-ethyl adjacent to an activating group) is 1. The van der Waals surface area contributed by atoms with Crippen LogP contribution in [0.3, 0.4) is 0 Å². The van der Waals surface area contributed by atoms with E-state index in [0.717, 1.165) is 25.5 Å². The number of rotatable bonds is 4. The van der Waals surface area contributed by atoms with Gasteiger partial charge in [0.15, 0.2) is 0 Å². The summed E-state index contributed by atoms with van der Waals surface area (Å²) in [6, 6.07) is 4.83. The molecular formula is C17H30N4. The number of aromatic nitrogens is 1. The summed E-state index contributed by atoms with van der Waals surface area (Å²) in [7, 11) is 4.34. The van der Waals surface area contributed by atoms with Crippen LogP contribution < -0.4 is 10.2 Å². The first-order valence-electron chi connectivity index (χ1n) is 7.88. The van der Waals surface area contributed by atoms with Crippen molar-refractivity contribution in [3.63, 3.8) is 0 Å². The molecule has 118 valence electrons.